The highest BCUT2D eigenvalue weighted by Gasteiger charge is 2.24. The molecule has 2 atom stereocenters. The summed E-state index contributed by atoms with van der Waals surface area (Å²) in [6, 6.07) is 52.7. The first kappa shape index (κ1) is 33.4. The molecule has 1 aliphatic rings. The van der Waals surface area contributed by atoms with Gasteiger partial charge in [0.2, 0.25) is 0 Å². The van der Waals surface area contributed by atoms with Crippen molar-refractivity contribution in [2.75, 3.05) is 11.9 Å². The number of pyridine rings is 1. The van der Waals surface area contributed by atoms with Gasteiger partial charge in [-0.2, -0.15) is 0 Å². The molecule has 3 heterocycles. The SMILES string of the molecule is CCC(NCc1cc(-c2ccccc2)cc(-c2ccc3c(c2)c2c(n3-c3ccccn3)C=CCN2)c1)N(Cc1ccccc1)C(C)c1ccccc1. The molecule has 52 heavy (non-hydrogen) atoms. The van der Waals surface area contributed by atoms with Crippen LogP contribution in [0.25, 0.3) is 45.1 Å². The van der Waals surface area contributed by atoms with Gasteiger partial charge in [0.05, 0.1) is 23.1 Å². The van der Waals surface area contributed by atoms with Gasteiger partial charge in [-0.3, -0.25) is 14.8 Å². The van der Waals surface area contributed by atoms with Crippen LogP contribution in [-0.2, 0) is 13.1 Å². The van der Waals surface area contributed by atoms with Crippen LogP contribution in [0.2, 0.25) is 0 Å². The molecular formula is C47H45N5. The van der Waals surface area contributed by atoms with Crippen molar-refractivity contribution in [3.05, 3.63) is 180 Å². The van der Waals surface area contributed by atoms with Crippen LogP contribution >= 0.6 is 0 Å². The van der Waals surface area contributed by atoms with E-state index in [0.717, 1.165) is 48.8 Å². The number of fused-ring (bicyclic) bond motifs is 3. The van der Waals surface area contributed by atoms with E-state index in [9.17, 15) is 0 Å². The van der Waals surface area contributed by atoms with Crippen molar-refractivity contribution in [1.29, 1.82) is 0 Å². The van der Waals surface area contributed by atoms with Gasteiger partial charge in [0, 0.05) is 37.3 Å². The molecule has 8 rings (SSSR count). The van der Waals surface area contributed by atoms with E-state index >= 15 is 0 Å². The third-order valence-corrected chi connectivity index (χ3v) is 10.3. The number of rotatable bonds is 12. The monoisotopic (exact) mass is 679 g/mol. The zero-order chi connectivity index (χ0) is 35.3. The number of hydrogen-bond acceptors (Lipinski definition) is 4. The zero-order valence-electron chi connectivity index (χ0n) is 29.9. The van der Waals surface area contributed by atoms with Crippen LogP contribution in [0.4, 0.5) is 5.69 Å². The average molecular weight is 680 g/mol. The molecule has 1 aliphatic heterocycles. The van der Waals surface area contributed by atoms with Crippen LogP contribution in [0.5, 0.6) is 0 Å². The summed E-state index contributed by atoms with van der Waals surface area (Å²) in [6.07, 6.45) is 7.40. The van der Waals surface area contributed by atoms with Gasteiger partial charge in [0.15, 0.2) is 0 Å². The zero-order valence-corrected chi connectivity index (χ0v) is 29.9. The lowest BCUT2D eigenvalue weighted by molar-refractivity contribution is 0.103. The summed E-state index contributed by atoms with van der Waals surface area (Å²) in [4.78, 5) is 7.32. The smallest absolute Gasteiger partial charge is 0.137 e. The van der Waals surface area contributed by atoms with Crippen molar-refractivity contribution in [2.45, 2.75) is 45.6 Å². The van der Waals surface area contributed by atoms with E-state index in [-0.39, 0.29) is 12.2 Å². The lowest BCUT2D eigenvalue weighted by atomic mass is 9.95. The Kier molecular flexibility index (Phi) is 9.79. The molecule has 2 N–H and O–H groups in total. The second kappa shape index (κ2) is 15.2. The van der Waals surface area contributed by atoms with Crippen LogP contribution in [0.1, 0.15) is 48.7 Å². The van der Waals surface area contributed by atoms with Gasteiger partial charge in [-0.15, -0.1) is 0 Å². The first-order valence-corrected chi connectivity index (χ1v) is 18.4. The molecule has 0 bridgehead atoms. The van der Waals surface area contributed by atoms with Crippen molar-refractivity contribution in [2.24, 2.45) is 0 Å². The van der Waals surface area contributed by atoms with E-state index in [2.05, 4.69) is 180 Å². The van der Waals surface area contributed by atoms with Gasteiger partial charge in [0.1, 0.15) is 5.82 Å². The second-order valence-corrected chi connectivity index (χ2v) is 13.6. The largest absolute Gasteiger partial charge is 0.379 e. The predicted molar refractivity (Wildman–Crippen MR) is 217 cm³/mol. The van der Waals surface area contributed by atoms with Gasteiger partial charge in [-0.05, 0) is 101 Å². The van der Waals surface area contributed by atoms with Crippen LogP contribution in [0, 0.1) is 0 Å². The van der Waals surface area contributed by atoms with Crippen LogP contribution in [0.3, 0.4) is 0 Å². The fourth-order valence-electron chi connectivity index (χ4n) is 7.62. The van der Waals surface area contributed by atoms with Gasteiger partial charge >= 0.3 is 0 Å². The number of hydrogen-bond donors (Lipinski definition) is 2. The van der Waals surface area contributed by atoms with Crippen molar-refractivity contribution in [3.63, 3.8) is 0 Å². The molecule has 2 unspecified atom stereocenters. The molecule has 5 nitrogen and oxygen atoms in total. The highest BCUT2D eigenvalue weighted by atomic mass is 15.3. The summed E-state index contributed by atoms with van der Waals surface area (Å²) >= 11 is 0. The molecule has 0 radical (unpaired) electrons. The Labute approximate surface area is 307 Å². The molecule has 0 fully saturated rings. The first-order chi connectivity index (χ1) is 25.7. The van der Waals surface area contributed by atoms with Crippen molar-refractivity contribution < 1.29 is 0 Å². The van der Waals surface area contributed by atoms with Crippen LogP contribution in [-0.4, -0.2) is 27.2 Å². The average Bonchev–Trinajstić information content (AvgIpc) is 3.55. The predicted octanol–water partition coefficient (Wildman–Crippen LogP) is 10.9. The minimum absolute atomic E-state index is 0.174. The number of nitrogens with one attached hydrogen (secondary N) is 2. The topological polar surface area (TPSA) is 45.1 Å². The minimum atomic E-state index is 0.174. The quantitative estimate of drug-likeness (QED) is 0.126. The maximum atomic E-state index is 4.71. The molecule has 0 saturated heterocycles. The van der Waals surface area contributed by atoms with E-state index in [1.165, 1.54) is 44.3 Å². The summed E-state index contributed by atoms with van der Waals surface area (Å²) < 4.78 is 2.26. The first-order valence-electron chi connectivity index (χ1n) is 18.4. The number of aromatic nitrogens is 2. The maximum absolute atomic E-state index is 4.71. The van der Waals surface area contributed by atoms with Crippen LogP contribution in [0.15, 0.2) is 158 Å². The standard InChI is InChI=1S/C47H45N5/c1-3-45(51(33-35-16-7-4-8-17-35)34(2)37-18-9-5-10-19-37)50-32-36-28-40(38-20-11-6-12-21-38)30-41(29-36)39-24-25-43-42(31-39)47-44(22-15-27-49-47)52(43)46-23-13-14-26-48-46/h4-26,28-31,34,45,49-50H,3,27,32-33H2,1-2H3. The van der Waals surface area contributed by atoms with E-state index in [1.54, 1.807) is 0 Å². The Morgan fingerprint density at radius 1 is 0.731 bits per heavy atom. The summed E-state index contributed by atoms with van der Waals surface area (Å²) in [7, 11) is 0. The Bertz CT molecular complexity index is 2280. The minimum Gasteiger partial charge on any atom is -0.379 e. The molecular weight excluding hydrogens is 635 g/mol. The Balaban J connectivity index is 1.16. The number of nitrogens with zero attached hydrogens (tertiary/aromatic N) is 3. The molecule has 0 aliphatic carbocycles. The van der Waals surface area contributed by atoms with Crippen molar-refractivity contribution >= 4 is 22.7 Å². The molecule has 7 aromatic rings. The van der Waals surface area contributed by atoms with E-state index in [1.807, 2.05) is 18.3 Å². The summed E-state index contributed by atoms with van der Waals surface area (Å²) in [5, 5.41) is 8.86. The second-order valence-electron chi connectivity index (χ2n) is 13.6. The lowest BCUT2D eigenvalue weighted by Crippen LogP contribution is -2.45. The van der Waals surface area contributed by atoms with Gasteiger partial charge in [-0.25, -0.2) is 4.98 Å². The number of anilines is 1. The van der Waals surface area contributed by atoms with Gasteiger partial charge < -0.3 is 5.32 Å². The fourth-order valence-corrected chi connectivity index (χ4v) is 7.62. The van der Waals surface area contributed by atoms with Gasteiger partial charge in [-0.1, -0.05) is 116 Å². The number of benzene rings is 5. The molecule has 0 amide bonds. The molecule has 5 aromatic carbocycles. The highest BCUT2D eigenvalue weighted by molar-refractivity contribution is 6.02. The third-order valence-electron chi connectivity index (χ3n) is 10.3. The van der Waals surface area contributed by atoms with E-state index in [4.69, 9.17) is 4.98 Å². The Hall–Kier alpha value is -5.75. The molecule has 0 saturated carbocycles. The summed E-state index contributed by atoms with van der Waals surface area (Å²) in [5.74, 6) is 0.919. The highest BCUT2D eigenvalue weighted by Crippen LogP contribution is 2.39. The fraction of sp³-hybridized carbons (Fsp3) is 0.170. The van der Waals surface area contributed by atoms with Crippen molar-refractivity contribution in [3.8, 4) is 28.1 Å². The van der Waals surface area contributed by atoms with E-state index < -0.39 is 0 Å². The maximum Gasteiger partial charge on any atom is 0.137 e. The molecule has 258 valence electrons. The normalized spacial score (nSPS) is 13.5. The summed E-state index contributed by atoms with van der Waals surface area (Å²) in [6.45, 7) is 7.04. The Morgan fingerprint density at radius 2 is 1.44 bits per heavy atom. The van der Waals surface area contributed by atoms with E-state index in [0.29, 0.717) is 0 Å². The third kappa shape index (κ3) is 6.93. The molecule has 0 spiro atoms. The molecule has 2 aromatic heterocycles. The summed E-state index contributed by atoms with van der Waals surface area (Å²) in [5.41, 5.74) is 12.2. The van der Waals surface area contributed by atoms with Crippen molar-refractivity contribution in [1.82, 2.24) is 19.8 Å². The molecule has 5 heteroatoms. The lowest BCUT2D eigenvalue weighted by Gasteiger charge is -2.37. The van der Waals surface area contributed by atoms with Gasteiger partial charge in [0.25, 0.3) is 0 Å². The Morgan fingerprint density at radius 3 is 2.17 bits per heavy atom. The van der Waals surface area contributed by atoms with Crippen LogP contribution < -0.4 is 10.6 Å².